The Morgan fingerprint density at radius 2 is 2.12 bits per heavy atom. The number of fused-ring (bicyclic) bond motifs is 1. The number of hydrogen-bond donors (Lipinski definition) is 1. The Labute approximate surface area is 145 Å². The first-order valence-corrected chi connectivity index (χ1v) is 9.05. The van der Waals surface area contributed by atoms with E-state index in [-0.39, 0.29) is 5.91 Å². The third-order valence-corrected chi connectivity index (χ3v) is 4.20. The first-order valence-electron chi connectivity index (χ1n) is 9.05. The molecule has 1 atom stereocenters. The number of anilines is 2. The predicted octanol–water partition coefficient (Wildman–Crippen LogP) is 4.62. The monoisotopic (exact) mass is 330 g/mol. The summed E-state index contributed by atoms with van der Waals surface area (Å²) in [5, 5.41) is 3.01. The van der Waals surface area contributed by atoms with Crippen molar-refractivity contribution in [3.05, 3.63) is 29.8 Å². The summed E-state index contributed by atoms with van der Waals surface area (Å²) in [6.07, 6.45) is 6.51. The molecule has 4 nitrogen and oxygen atoms in total. The van der Waals surface area contributed by atoms with Gasteiger partial charge >= 0.3 is 0 Å². The smallest absolute Gasteiger partial charge is 0.251 e. The second-order valence-electron chi connectivity index (χ2n) is 6.68. The van der Waals surface area contributed by atoms with Gasteiger partial charge in [-0.15, -0.1) is 0 Å². The fourth-order valence-corrected chi connectivity index (χ4v) is 2.95. The van der Waals surface area contributed by atoms with Crippen LogP contribution < -0.4 is 15.0 Å². The Hall–Kier alpha value is -1.97. The third-order valence-electron chi connectivity index (χ3n) is 4.20. The lowest BCUT2D eigenvalue weighted by atomic mass is 9.91. The number of rotatable bonds is 2. The van der Waals surface area contributed by atoms with Gasteiger partial charge in [-0.2, -0.15) is 0 Å². The third kappa shape index (κ3) is 4.76. The Morgan fingerprint density at radius 1 is 1.38 bits per heavy atom. The van der Waals surface area contributed by atoms with Crippen LogP contribution in [0.5, 0.6) is 5.75 Å². The lowest BCUT2D eigenvalue weighted by Crippen LogP contribution is -2.29. The highest BCUT2D eigenvalue weighted by molar-refractivity contribution is 6.04. The Morgan fingerprint density at radius 3 is 2.83 bits per heavy atom. The number of nitrogens with zero attached hydrogens (tertiary/aromatic N) is 1. The van der Waals surface area contributed by atoms with Gasteiger partial charge in [0.15, 0.2) is 0 Å². The normalized spacial score (nSPS) is 19.2. The number of benzene rings is 1. The van der Waals surface area contributed by atoms with E-state index in [4.69, 9.17) is 4.74 Å². The van der Waals surface area contributed by atoms with Crippen molar-refractivity contribution >= 4 is 17.3 Å². The molecule has 1 heterocycles. The second kappa shape index (κ2) is 8.76. The molecule has 24 heavy (non-hydrogen) atoms. The van der Waals surface area contributed by atoms with E-state index in [0.717, 1.165) is 42.1 Å². The molecule has 0 saturated heterocycles. The zero-order chi connectivity index (χ0) is 17.5. The highest BCUT2D eigenvalue weighted by Gasteiger charge is 2.18. The van der Waals surface area contributed by atoms with Crippen LogP contribution in [0.2, 0.25) is 0 Å². The summed E-state index contributed by atoms with van der Waals surface area (Å²) < 4.78 is 5.62. The predicted molar refractivity (Wildman–Crippen MR) is 101 cm³/mol. The minimum atomic E-state index is 0.0286. The van der Waals surface area contributed by atoms with Gasteiger partial charge in [-0.1, -0.05) is 33.3 Å². The summed E-state index contributed by atoms with van der Waals surface area (Å²) in [5.74, 6) is 1.41. The van der Waals surface area contributed by atoms with Crippen LogP contribution in [-0.4, -0.2) is 26.1 Å². The van der Waals surface area contributed by atoms with Crippen LogP contribution in [0.25, 0.3) is 0 Å². The van der Waals surface area contributed by atoms with E-state index < -0.39 is 0 Å². The summed E-state index contributed by atoms with van der Waals surface area (Å²) in [6, 6.07) is 5.82. The maximum atomic E-state index is 12.3. The van der Waals surface area contributed by atoms with Crippen LogP contribution in [0.3, 0.4) is 0 Å². The Bertz CT molecular complexity index is 595. The molecule has 1 aliphatic carbocycles. The molecule has 1 amide bonds. The van der Waals surface area contributed by atoms with Crippen LogP contribution in [0.4, 0.5) is 11.4 Å². The van der Waals surface area contributed by atoms with Crippen molar-refractivity contribution in [2.45, 2.75) is 46.5 Å². The first-order chi connectivity index (χ1) is 11.5. The fourth-order valence-electron chi connectivity index (χ4n) is 2.95. The van der Waals surface area contributed by atoms with Gasteiger partial charge in [-0.05, 0) is 43.4 Å². The van der Waals surface area contributed by atoms with Crippen LogP contribution >= 0.6 is 0 Å². The minimum absolute atomic E-state index is 0.0286. The lowest BCUT2D eigenvalue weighted by Gasteiger charge is -2.28. The van der Waals surface area contributed by atoms with E-state index in [0.29, 0.717) is 12.5 Å². The number of hydrogen-bond acceptors (Lipinski definition) is 3. The van der Waals surface area contributed by atoms with E-state index in [1.54, 1.807) is 0 Å². The molecule has 0 saturated carbocycles. The maximum Gasteiger partial charge on any atom is 0.251 e. The van der Waals surface area contributed by atoms with Gasteiger partial charge in [0.2, 0.25) is 0 Å². The summed E-state index contributed by atoms with van der Waals surface area (Å²) in [6.45, 7) is 7.99. The molecule has 2 aliphatic rings. The fraction of sp³-hybridized carbons (Fsp3) is 0.550. The standard InChI is InChI=1S/C17H22N2O2.C3H8/c1-12-4-3-5-13(10-12)17(20)18-14-6-7-16-15(11-14)19(2)8-9-21-16;1-3-2/h6-7,10-12H,3-5,8-9H2,1-2H3,(H,18,20);3H2,1-2H3. The van der Waals surface area contributed by atoms with Gasteiger partial charge in [0.25, 0.3) is 5.91 Å². The minimum Gasteiger partial charge on any atom is -0.490 e. The van der Waals surface area contributed by atoms with Crippen LogP contribution in [0, 0.1) is 5.92 Å². The number of carbonyl (C=O) groups excluding carboxylic acids is 1. The summed E-state index contributed by atoms with van der Waals surface area (Å²) >= 11 is 0. The number of amides is 1. The molecule has 0 radical (unpaired) electrons. The molecule has 0 fully saturated rings. The first kappa shape index (κ1) is 18.4. The van der Waals surface area contributed by atoms with Crippen LogP contribution in [0.15, 0.2) is 29.8 Å². The number of nitrogens with one attached hydrogen (secondary N) is 1. The molecule has 0 bridgehead atoms. The molecule has 4 heteroatoms. The Kier molecular flexibility index (Phi) is 6.71. The highest BCUT2D eigenvalue weighted by atomic mass is 16.5. The molecular formula is C20H30N2O2. The van der Waals surface area contributed by atoms with Gasteiger partial charge in [0.05, 0.1) is 12.2 Å². The number of allylic oxidation sites excluding steroid dienone is 1. The van der Waals surface area contributed by atoms with E-state index in [1.165, 1.54) is 12.8 Å². The topological polar surface area (TPSA) is 41.6 Å². The van der Waals surface area contributed by atoms with Crippen molar-refractivity contribution in [1.29, 1.82) is 0 Å². The highest BCUT2D eigenvalue weighted by Crippen LogP contribution is 2.33. The molecule has 1 aromatic rings. The van der Waals surface area contributed by atoms with Crippen molar-refractivity contribution in [3.63, 3.8) is 0 Å². The van der Waals surface area contributed by atoms with Crippen molar-refractivity contribution in [3.8, 4) is 5.75 Å². The van der Waals surface area contributed by atoms with Gasteiger partial charge in [0.1, 0.15) is 12.4 Å². The summed E-state index contributed by atoms with van der Waals surface area (Å²) in [7, 11) is 2.04. The van der Waals surface area contributed by atoms with E-state index in [2.05, 4.69) is 37.1 Å². The van der Waals surface area contributed by atoms with Gasteiger partial charge in [0, 0.05) is 18.3 Å². The lowest BCUT2D eigenvalue weighted by molar-refractivity contribution is -0.113. The van der Waals surface area contributed by atoms with Gasteiger partial charge < -0.3 is 15.0 Å². The molecule has 1 aromatic carbocycles. The van der Waals surface area contributed by atoms with Gasteiger partial charge in [-0.25, -0.2) is 0 Å². The van der Waals surface area contributed by atoms with E-state index in [9.17, 15) is 4.79 Å². The molecule has 0 aromatic heterocycles. The second-order valence-corrected chi connectivity index (χ2v) is 6.68. The largest absolute Gasteiger partial charge is 0.490 e. The molecule has 1 N–H and O–H groups in total. The molecular weight excluding hydrogens is 300 g/mol. The zero-order valence-corrected chi connectivity index (χ0v) is 15.4. The molecule has 0 spiro atoms. The SMILES string of the molecule is CC1C=C(C(=O)Nc2ccc3c(c2)N(C)CCO3)CCC1.CCC. The average molecular weight is 330 g/mol. The van der Waals surface area contributed by atoms with Gasteiger partial charge in [-0.3, -0.25) is 4.79 Å². The summed E-state index contributed by atoms with van der Waals surface area (Å²) in [5.41, 5.74) is 2.77. The van der Waals surface area contributed by atoms with E-state index >= 15 is 0 Å². The average Bonchev–Trinajstić information content (AvgIpc) is 2.56. The van der Waals surface area contributed by atoms with Crippen molar-refractivity contribution in [2.75, 3.05) is 30.4 Å². The van der Waals surface area contributed by atoms with Crippen LogP contribution in [0.1, 0.15) is 46.5 Å². The zero-order valence-electron chi connectivity index (χ0n) is 15.4. The van der Waals surface area contributed by atoms with E-state index in [1.807, 2.05) is 25.2 Å². The molecule has 1 unspecified atom stereocenters. The molecule has 3 rings (SSSR count). The number of ether oxygens (including phenoxy) is 1. The maximum absolute atomic E-state index is 12.3. The van der Waals surface area contributed by atoms with Crippen molar-refractivity contribution in [2.24, 2.45) is 5.92 Å². The molecule has 132 valence electrons. The number of carbonyl (C=O) groups is 1. The summed E-state index contributed by atoms with van der Waals surface area (Å²) in [4.78, 5) is 14.5. The number of likely N-dealkylation sites (N-methyl/N-ethyl adjacent to an activating group) is 1. The quantitative estimate of drug-likeness (QED) is 0.860. The Balaban J connectivity index is 0.000000647. The van der Waals surface area contributed by atoms with Crippen molar-refractivity contribution < 1.29 is 9.53 Å². The van der Waals surface area contributed by atoms with Crippen molar-refractivity contribution in [1.82, 2.24) is 0 Å². The van der Waals surface area contributed by atoms with Crippen LogP contribution in [-0.2, 0) is 4.79 Å². The molecule has 1 aliphatic heterocycles.